The van der Waals surface area contributed by atoms with Gasteiger partial charge in [-0.05, 0) is 42.5 Å². The number of carbonyl (C=O) groups is 1. The molecule has 1 aliphatic rings. The number of hydrogen-bond donors (Lipinski definition) is 0. The normalized spacial score (nSPS) is 13.7. The molecule has 0 radical (unpaired) electrons. The first kappa shape index (κ1) is 14.6. The molecule has 3 heteroatoms. The van der Waals surface area contributed by atoms with Crippen LogP contribution in [0.5, 0.6) is 0 Å². The van der Waals surface area contributed by atoms with E-state index in [0.29, 0.717) is 5.56 Å². The highest BCUT2D eigenvalue weighted by Crippen LogP contribution is 2.44. The molecule has 1 saturated carbocycles. The van der Waals surface area contributed by atoms with Gasteiger partial charge in [-0.15, -0.1) is 6.42 Å². The van der Waals surface area contributed by atoms with E-state index in [4.69, 9.17) is 11.4 Å². The van der Waals surface area contributed by atoms with Crippen molar-refractivity contribution in [3.63, 3.8) is 0 Å². The van der Waals surface area contributed by atoms with Gasteiger partial charge >= 0.3 is 0 Å². The van der Waals surface area contributed by atoms with Crippen LogP contribution in [0.25, 0.3) is 22.0 Å². The topological polar surface area (TPSA) is 30.0 Å². The monoisotopic (exact) mass is 315 g/mol. The van der Waals surface area contributed by atoms with E-state index in [9.17, 15) is 9.18 Å². The van der Waals surface area contributed by atoms with Crippen molar-refractivity contribution in [2.24, 2.45) is 0 Å². The minimum absolute atomic E-state index is 0.279. The number of Topliss-reactive ketones (excluding diaryl/α,β-unsaturated/α-hetero) is 1. The van der Waals surface area contributed by atoms with Gasteiger partial charge in [0.15, 0.2) is 0 Å². The highest BCUT2D eigenvalue weighted by Gasteiger charge is 2.32. The molecule has 116 valence electrons. The third kappa shape index (κ3) is 2.37. The van der Waals surface area contributed by atoms with Crippen molar-refractivity contribution < 1.29 is 9.18 Å². The van der Waals surface area contributed by atoms with Gasteiger partial charge in [0.2, 0.25) is 5.78 Å². The Labute approximate surface area is 139 Å². The van der Waals surface area contributed by atoms with E-state index in [1.165, 1.54) is 12.1 Å². The average molecular weight is 315 g/mol. The van der Waals surface area contributed by atoms with E-state index in [0.717, 1.165) is 40.6 Å². The van der Waals surface area contributed by atoms with E-state index < -0.39 is 0 Å². The van der Waals surface area contributed by atoms with Crippen molar-refractivity contribution in [1.82, 2.24) is 4.98 Å². The largest absolute Gasteiger partial charge is 0.279 e. The maximum absolute atomic E-state index is 13.3. The van der Waals surface area contributed by atoms with Crippen LogP contribution in [0.3, 0.4) is 0 Å². The zero-order valence-electron chi connectivity index (χ0n) is 12.9. The molecule has 0 spiro atoms. The fraction of sp³-hybridized carbons (Fsp3) is 0.143. The lowest BCUT2D eigenvalue weighted by Crippen LogP contribution is -2.07. The Hall–Kier alpha value is -2.99. The molecule has 0 N–H and O–H groups in total. The van der Waals surface area contributed by atoms with Gasteiger partial charge in [-0.1, -0.05) is 30.3 Å². The van der Waals surface area contributed by atoms with Crippen LogP contribution in [0, 0.1) is 18.2 Å². The number of terminal acetylenes is 1. The quantitative estimate of drug-likeness (QED) is 0.397. The first-order valence-corrected chi connectivity index (χ1v) is 7.88. The fourth-order valence-electron chi connectivity index (χ4n) is 3.10. The molecule has 0 bridgehead atoms. The molecule has 0 unspecified atom stereocenters. The average Bonchev–Trinajstić information content (AvgIpc) is 3.45. The molecule has 24 heavy (non-hydrogen) atoms. The second-order valence-corrected chi connectivity index (χ2v) is 6.02. The smallest absolute Gasteiger partial charge is 0.238 e. The number of para-hydroxylation sites is 1. The molecule has 0 saturated heterocycles. The molecule has 1 fully saturated rings. The van der Waals surface area contributed by atoms with Gasteiger partial charge in [-0.2, -0.15) is 0 Å². The van der Waals surface area contributed by atoms with Crippen LogP contribution in [-0.4, -0.2) is 10.8 Å². The Bertz CT molecular complexity index is 995. The van der Waals surface area contributed by atoms with Gasteiger partial charge in [-0.3, -0.25) is 9.78 Å². The van der Waals surface area contributed by atoms with Crippen LogP contribution in [0.1, 0.15) is 34.8 Å². The van der Waals surface area contributed by atoms with Crippen LogP contribution < -0.4 is 0 Å². The Morgan fingerprint density at radius 1 is 1.12 bits per heavy atom. The molecule has 3 aromatic rings. The third-order valence-electron chi connectivity index (χ3n) is 4.38. The molecule has 1 aromatic heterocycles. The highest BCUT2D eigenvalue weighted by molar-refractivity contribution is 6.17. The number of pyridine rings is 1. The Morgan fingerprint density at radius 3 is 2.50 bits per heavy atom. The lowest BCUT2D eigenvalue weighted by molar-refractivity contribution is 0.105. The lowest BCUT2D eigenvalue weighted by atomic mass is 9.90. The van der Waals surface area contributed by atoms with Gasteiger partial charge in [-0.25, -0.2) is 4.39 Å². The molecule has 2 aromatic carbocycles. The molecule has 4 rings (SSSR count). The van der Waals surface area contributed by atoms with E-state index in [-0.39, 0.29) is 17.5 Å². The summed E-state index contributed by atoms with van der Waals surface area (Å²) in [4.78, 5) is 17.2. The Kier molecular flexibility index (Phi) is 3.39. The van der Waals surface area contributed by atoms with Crippen LogP contribution in [0.4, 0.5) is 4.39 Å². The van der Waals surface area contributed by atoms with Crippen molar-refractivity contribution in [3.8, 4) is 23.5 Å². The molecule has 1 heterocycles. The predicted octanol–water partition coefficient (Wildman–Crippen LogP) is 4.73. The van der Waals surface area contributed by atoms with Gasteiger partial charge in [0.1, 0.15) is 5.82 Å². The van der Waals surface area contributed by atoms with E-state index in [1.807, 2.05) is 24.3 Å². The molecule has 0 aliphatic heterocycles. The van der Waals surface area contributed by atoms with Crippen molar-refractivity contribution in [2.75, 3.05) is 0 Å². The predicted molar refractivity (Wildman–Crippen MR) is 92.3 cm³/mol. The van der Waals surface area contributed by atoms with Crippen LogP contribution in [-0.2, 0) is 0 Å². The fourth-order valence-corrected chi connectivity index (χ4v) is 3.10. The minimum Gasteiger partial charge on any atom is -0.279 e. The van der Waals surface area contributed by atoms with Crippen molar-refractivity contribution in [1.29, 1.82) is 0 Å². The SMILES string of the molecule is C#CC(=O)c1c(C2CC2)nc2ccccc2c1-c1ccc(F)cc1. The van der Waals surface area contributed by atoms with Gasteiger partial charge in [0.05, 0.1) is 16.8 Å². The molecule has 0 amide bonds. The summed E-state index contributed by atoms with van der Waals surface area (Å²) in [7, 11) is 0. The Balaban J connectivity index is 2.13. The van der Waals surface area contributed by atoms with E-state index >= 15 is 0 Å². The standard InChI is InChI=1S/C21H14FNO/c1-2-18(24)20-19(13-9-11-15(22)12-10-13)16-5-3-4-6-17(16)23-21(20)14-7-8-14/h1,3-6,9-12,14H,7-8H2. The van der Waals surface area contributed by atoms with Gasteiger partial charge in [0, 0.05) is 16.9 Å². The zero-order valence-corrected chi connectivity index (χ0v) is 12.9. The maximum atomic E-state index is 13.3. The first-order valence-electron chi connectivity index (χ1n) is 7.88. The van der Waals surface area contributed by atoms with E-state index in [1.54, 1.807) is 12.1 Å². The number of ketones is 1. The van der Waals surface area contributed by atoms with Crippen molar-refractivity contribution in [2.45, 2.75) is 18.8 Å². The second-order valence-electron chi connectivity index (χ2n) is 6.02. The number of halogens is 1. The molecule has 2 nitrogen and oxygen atoms in total. The number of aromatic nitrogens is 1. The summed E-state index contributed by atoms with van der Waals surface area (Å²) in [6, 6.07) is 13.8. The molecular formula is C21H14FNO. The summed E-state index contributed by atoms with van der Waals surface area (Å²) < 4.78 is 13.3. The van der Waals surface area contributed by atoms with E-state index in [2.05, 4.69) is 5.92 Å². The number of fused-ring (bicyclic) bond motifs is 1. The number of rotatable bonds is 3. The van der Waals surface area contributed by atoms with Crippen LogP contribution in [0.2, 0.25) is 0 Å². The molecule has 0 atom stereocenters. The summed E-state index contributed by atoms with van der Waals surface area (Å²) >= 11 is 0. The minimum atomic E-state index is -0.366. The van der Waals surface area contributed by atoms with Crippen molar-refractivity contribution >= 4 is 16.7 Å². The summed E-state index contributed by atoms with van der Waals surface area (Å²) in [5.74, 6) is 1.83. The number of nitrogens with zero attached hydrogens (tertiary/aromatic N) is 1. The maximum Gasteiger partial charge on any atom is 0.238 e. The second kappa shape index (κ2) is 5.58. The number of hydrogen-bond acceptors (Lipinski definition) is 2. The number of benzene rings is 2. The third-order valence-corrected chi connectivity index (χ3v) is 4.38. The van der Waals surface area contributed by atoms with Crippen molar-refractivity contribution in [3.05, 3.63) is 65.6 Å². The summed E-state index contributed by atoms with van der Waals surface area (Å²) in [5, 5.41) is 0.854. The zero-order chi connectivity index (χ0) is 16.7. The van der Waals surface area contributed by atoms with Gasteiger partial charge < -0.3 is 0 Å². The first-order chi connectivity index (χ1) is 11.7. The van der Waals surface area contributed by atoms with Crippen LogP contribution in [0.15, 0.2) is 48.5 Å². The molecule has 1 aliphatic carbocycles. The summed E-state index contributed by atoms with van der Waals surface area (Å²) in [5.41, 5.74) is 3.62. The highest BCUT2D eigenvalue weighted by atomic mass is 19.1. The molecular weight excluding hydrogens is 301 g/mol. The summed E-state index contributed by atoms with van der Waals surface area (Å²) in [6.07, 6.45) is 7.45. The van der Waals surface area contributed by atoms with Crippen LogP contribution >= 0.6 is 0 Å². The van der Waals surface area contributed by atoms with Gasteiger partial charge in [0.25, 0.3) is 0 Å². The summed E-state index contributed by atoms with van der Waals surface area (Å²) in [6.45, 7) is 0. The lowest BCUT2D eigenvalue weighted by Gasteiger charge is -2.15. The Morgan fingerprint density at radius 2 is 1.83 bits per heavy atom. The number of carbonyl (C=O) groups excluding carboxylic acids is 1.